The molecule has 1 saturated carbocycles. The first kappa shape index (κ1) is 23.0. The molecule has 1 aromatic carbocycles. The van der Waals surface area contributed by atoms with Gasteiger partial charge in [-0.3, -0.25) is 14.4 Å². The van der Waals surface area contributed by atoms with Crippen molar-refractivity contribution in [2.75, 3.05) is 13.1 Å². The molecule has 2 N–H and O–H groups in total. The van der Waals surface area contributed by atoms with Crippen LogP contribution in [0.2, 0.25) is 0 Å². The van der Waals surface area contributed by atoms with Crippen LogP contribution in [-0.2, 0) is 9.59 Å². The molecule has 3 rings (SSSR count). The molecule has 0 saturated heterocycles. The number of hydrogen-bond acceptors (Lipinski definition) is 4. The molecule has 0 spiro atoms. The van der Waals surface area contributed by atoms with Gasteiger partial charge in [-0.25, -0.2) is 0 Å². The smallest absolute Gasteiger partial charge is 0.261 e. The number of carbonyl (C=O) groups excluding carboxylic acids is 3. The summed E-state index contributed by atoms with van der Waals surface area (Å²) < 4.78 is 0. The van der Waals surface area contributed by atoms with Gasteiger partial charge in [-0.05, 0) is 36.3 Å². The molecule has 1 unspecified atom stereocenters. The first-order valence-electron chi connectivity index (χ1n) is 11.1. The Bertz CT molecular complexity index is 848. The minimum atomic E-state index is -0.709. The van der Waals surface area contributed by atoms with Crippen LogP contribution in [0.15, 0.2) is 47.8 Å². The van der Waals surface area contributed by atoms with Crippen molar-refractivity contribution < 1.29 is 14.4 Å². The van der Waals surface area contributed by atoms with Crippen molar-refractivity contribution in [3.8, 4) is 0 Å². The molecule has 1 aromatic heterocycles. The standard InChI is InChI=1S/C24H31N3O3S/c1-2-3-15-27(21(28)17-25-23(29)20-14-9-16-31-20)22(18-10-5-4-6-11-18)24(30)26-19-12-7-8-13-19/h4-6,9-11,14,16,19,22H,2-3,7-8,12-13,15,17H2,1H3,(H,25,29)(H,26,30). The van der Waals surface area contributed by atoms with E-state index in [1.165, 1.54) is 11.3 Å². The Kier molecular flexibility index (Phi) is 8.64. The van der Waals surface area contributed by atoms with Crippen LogP contribution in [0.1, 0.15) is 66.7 Å². The van der Waals surface area contributed by atoms with E-state index in [-0.39, 0.29) is 30.3 Å². The van der Waals surface area contributed by atoms with Gasteiger partial charge in [0.05, 0.1) is 11.4 Å². The Hall–Kier alpha value is -2.67. The average molecular weight is 442 g/mol. The minimum absolute atomic E-state index is 0.138. The summed E-state index contributed by atoms with van der Waals surface area (Å²) in [6, 6.07) is 12.4. The predicted octanol–water partition coefficient (Wildman–Crippen LogP) is 3.91. The molecule has 1 heterocycles. The molecule has 6 nitrogen and oxygen atoms in total. The number of carbonyl (C=O) groups is 3. The Morgan fingerprint density at radius 1 is 1.10 bits per heavy atom. The highest BCUT2D eigenvalue weighted by Crippen LogP contribution is 2.24. The van der Waals surface area contributed by atoms with Crippen molar-refractivity contribution >= 4 is 29.1 Å². The molecule has 1 fully saturated rings. The summed E-state index contributed by atoms with van der Waals surface area (Å²) in [5, 5.41) is 7.69. The third-order valence-electron chi connectivity index (χ3n) is 5.59. The van der Waals surface area contributed by atoms with Gasteiger partial charge in [-0.1, -0.05) is 62.6 Å². The zero-order valence-electron chi connectivity index (χ0n) is 18.0. The highest BCUT2D eigenvalue weighted by atomic mass is 32.1. The maximum atomic E-state index is 13.3. The monoisotopic (exact) mass is 441 g/mol. The van der Waals surface area contributed by atoms with Crippen LogP contribution in [0.3, 0.4) is 0 Å². The highest BCUT2D eigenvalue weighted by molar-refractivity contribution is 7.12. The van der Waals surface area contributed by atoms with E-state index in [4.69, 9.17) is 0 Å². The largest absolute Gasteiger partial charge is 0.351 e. The molecule has 1 atom stereocenters. The van der Waals surface area contributed by atoms with Crippen LogP contribution in [0, 0.1) is 0 Å². The normalized spacial score (nSPS) is 14.7. The predicted molar refractivity (Wildman–Crippen MR) is 123 cm³/mol. The number of benzene rings is 1. The van der Waals surface area contributed by atoms with Gasteiger partial charge >= 0.3 is 0 Å². The lowest BCUT2D eigenvalue weighted by Crippen LogP contribution is -2.49. The molecular formula is C24H31N3O3S. The maximum absolute atomic E-state index is 13.3. The minimum Gasteiger partial charge on any atom is -0.351 e. The molecule has 2 aromatic rings. The number of unbranched alkanes of at least 4 members (excludes halogenated alkanes) is 1. The quantitative estimate of drug-likeness (QED) is 0.587. The Morgan fingerprint density at radius 2 is 1.84 bits per heavy atom. The summed E-state index contributed by atoms with van der Waals surface area (Å²) in [6.07, 6.45) is 5.88. The van der Waals surface area contributed by atoms with E-state index in [1.807, 2.05) is 35.7 Å². The molecule has 0 bridgehead atoms. The van der Waals surface area contributed by atoms with Crippen LogP contribution in [0.4, 0.5) is 0 Å². The van der Waals surface area contributed by atoms with Crippen molar-refractivity contribution in [2.24, 2.45) is 0 Å². The third-order valence-corrected chi connectivity index (χ3v) is 6.46. The van der Waals surface area contributed by atoms with E-state index < -0.39 is 6.04 Å². The van der Waals surface area contributed by atoms with E-state index >= 15 is 0 Å². The zero-order chi connectivity index (χ0) is 22.1. The number of rotatable bonds is 10. The second-order valence-electron chi connectivity index (χ2n) is 7.90. The molecule has 7 heteroatoms. The molecule has 31 heavy (non-hydrogen) atoms. The number of nitrogens with one attached hydrogen (secondary N) is 2. The second kappa shape index (κ2) is 11.6. The fraction of sp³-hybridized carbons (Fsp3) is 0.458. The maximum Gasteiger partial charge on any atom is 0.261 e. The fourth-order valence-electron chi connectivity index (χ4n) is 3.94. The lowest BCUT2D eigenvalue weighted by Gasteiger charge is -2.32. The molecule has 166 valence electrons. The third kappa shape index (κ3) is 6.40. The van der Waals surface area contributed by atoms with E-state index in [0.717, 1.165) is 44.1 Å². The molecule has 0 radical (unpaired) electrons. The summed E-state index contributed by atoms with van der Waals surface area (Å²) in [7, 11) is 0. The first-order chi connectivity index (χ1) is 15.1. The molecule has 3 amide bonds. The van der Waals surface area contributed by atoms with Crippen LogP contribution >= 0.6 is 11.3 Å². The topological polar surface area (TPSA) is 78.5 Å². The molecule has 1 aliphatic rings. The Balaban J connectivity index is 1.78. The molecular weight excluding hydrogens is 410 g/mol. The number of nitrogens with zero attached hydrogens (tertiary/aromatic N) is 1. The van der Waals surface area contributed by atoms with Gasteiger partial charge in [0, 0.05) is 12.6 Å². The van der Waals surface area contributed by atoms with Crippen molar-refractivity contribution in [1.29, 1.82) is 0 Å². The molecule has 1 aliphatic carbocycles. The van der Waals surface area contributed by atoms with Gasteiger partial charge in [0.1, 0.15) is 6.04 Å². The van der Waals surface area contributed by atoms with Crippen molar-refractivity contribution in [1.82, 2.24) is 15.5 Å². The van der Waals surface area contributed by atoms with E-state index in [0.29, 0.717) is 11.4 Å². The zero-order valence-corrected chi connectivity index (χ0v) is 18.8. The van der Waals surface area contributed by atoms with Gasteiger partial charge in [0.2, 0.25) is 11.8 Å². The first-order valence-corrected chi connectivity index (χ1v) is 11.9. The van der Waals surface area contributed by atoms with Gasteiger partial charge < -0.3 is 15.5 Å². The van der Waals surface area contributed by atoms with Gasteiger partial charge in [-0.2, -0.15) is 0 Å². The van der Waals surface area contributed by atoms with Crippen LogP contribution in [-0.4, -0.2) is 41.8 Å². The fourth-order valence-corrected chi connectivity index (χ4v) is 4.58. The van der Waals surface area contributed by atoms with Gasteiger partial charge in [0.25, 0.3) is 5.91 Å². The summed E-state index contributed by atoms with van der Waals surface area (Å²) in [5.41, 5.74) is 0.784. The van der Waals surface area contributed by atoms with Crippen LogP contribution < -0.4 is 10.6 Å². The number of thiophene rings is 1. The average Bonchev–Trinajstić information content (AvgIpc) is 3.49. The SMILES string of the molecule is CCCCN(C(=O)CNC(=O)c1cccs1)C(C(=O)NC1CCCC1)c1ccccc1. The van der Waals surface area contributed by atoms with Gasteiger partial charge in [-0.15, -0.1) is 11.3 Å². The number of amides is 3. The lowest BCUT2D eigenvalue weighted by molar-refractivity contribution is -0.140. The van der Waals surface area contributed by atoms with Crippen molar-refractivity contribution in [3.63, 3.8) is 0 Å². The van der Waals surface area contributed by atoms with Crippen molar-refractivity contribution in [2.45, 2.75) is 57.5 Å². The highest BCUT2D eigenvalue weighted by Gasteiger charge is 2.32. The molecule has 0 aliphatic heterocycles. The van der Waals surface area contributed by atoms with E-state index in [2.05, 4.69) is 17.6 Å². The van der Waals surface area contributed by atoms with Crippen LogP contribution in [0.25, 0.3) is 0 Å². The number of hydrogen-bond donors (Lipinski definition) is 2. The van der Waals surface area contributed by atoms with E-state index in [9.17, 15) is 14.4 Å². The van der Waals surface area contributed by atoms with Crippen molar-refractivity contribution in [3.05, 3.63) is 58.3 Å². The Morgan fingerprint density at radius 3 is 2.48 bits per heavy atom. The Labute approximate surface area is 188 Å². The second-order valence-corrected chi connectivity index (χ2v) is 8.85. The summed E-state index contributed by atoms with van der Waals surface area (Å²) in [5.74, 6) is -0.675. The van der Waals surface area contributed by atoms with E-state index in [1.54, 1.807) is 17.0 Å². The summed E-state index contributed by atoms with van der Waals surface area (Å²) >= 11 is 1.33. The lowest BCUT2D eigenvalue weighted by atomic mass is 10.0. The summed E-state index contributed by atoms with van der Waals surface area (Å²) in [4.78, 5) is 41.0. The van der Waals surface area contributed by atoms with Gasteiger partial charge in [0.15, 0.2) is 0 Å². The van der Waals surface area contributed by atoms with Crippen LogP contribution in [0.5, 0.6) is 0 Å². The summed E-state index contributed by atoms with van der Waals surface area (Å²) in [6.45, 7) is 2.37.